The number of rotatable bonds is 11. The van der Waals surface area contributed by atoms with E-state index >= 15 is 0 Å². The molecule has 0 saturated carbocycles. The van der Waals surface area contributed by atoms with Gasteiger partial charge in [-0.2, -0.15) is 0 Å². The molecule has 2 heterocycles. The van der Waals surface area contributed by atoms with E-state index in [1.54, 1.807) is 0 Å². The molecule has 1 saturated heterocycles. The van der Waals surface area contributed by atoms with Crippen LogP contribution in [0.4, 0.5) is 5.82 Å². The Kier molecular flexibility index (Phi) is 15.4. The lowest BCUT2D eigenvalue weighted by molar-refractivity contribution is 0.170. The van der Waals surface area contributed by atoms with E-state index in [1.165, 1.54) is 23.5 Å². The molecule has 0 radical (unpaired) electrons. The molecule has 1 fully saturated rings. The number of likely N-dealkylation sites (tertiary alicyclic amines) is 1. The Bertz CT molecular complexity index is 1060. The standard InChI is InChI=1S/C27H39N7O.C2H6.ClH/c1-5-20(3)19-34(26(17-28)31-25-18-30-27(35)32-25)16-13-29-23-11-14-33(15-12-23)24(6-2)22-9-7-21(4)8-10-22;1-2;/h2,7-10,17-18,20,23-24,28-29H,5,11-16,19H2,1,3-4H3,(H2,30,32,35);1-2H3;1H/b28-17?,31-26+;;/t20-,24+;;/m0../s1. The fourth-order valence-electron chi connectivity index (χ4n) is 4.43. The van der Waals surface area contributed by atoms with E-state index < -0.39 is 0 Å². The number of benzene rings is 1. The Morgan fingerprint density at radius 2 is 1.97 bits per heavy atom. The van der Waals surface area contributed by atoms with Gasteiger partial charge in [0.15, 0.2) is 5.82 Å². The number of piperidine rings is 1. The largest absolute Gasteiger partial charge is 0.354 e. The summed E-state index contributed by atoms with van der Waals surface area (Å²) >= 11 is 0. The predicted molar refractivity (Wildman–Crippen MR) is 162 cm³/mol. The molecule has 8 nitrogen and oxygen atoms in total. The minimum Gasteiger partial charge on any atom is -0.354 e. The fraction of sp³-hybridized carbons (Fsp3) is 0.552. The molecule has 2 aromatic rings. The first-order chi connectivity index (χ1) is 17.9. The molecule has 1 aliphatic rings. The van der Waals surface area contributed by atoms with E-state index in [9.17, 15) is 4.79 Å². The molecule has 0 bridgehead atoms. The maximum atomic E-state index is 11.4. The van der Waals surface area contributed by atoms with Gasteiger partial charge in [-0.3, -0.25) is 9.88 Å². The van der Waals surface area contributed by atoms with Crippen LogP contribution in [0.1, 0.15) is 64.1 Å². The third kappa shape index (κ3) is 10.1. The van der Waals surface area contributed by atoms with Gasteiger partial charge < -0.3 is 20.6 Å². The van der Waals surface area contributed by atoms with Gasteiger partial charge in [0.05, 0.1) is 12.3 Å². The first kappa shape index (κ1) is 33.2. The van der Waals surface area contributed by atoms with Crippen LogP contribution < -0.4 is 11.0 Å². The molecule has 2 atom stereocenters. The van der Waals surface area contributed by atoms with Crippen LogP contribution in [0.25, 0.3) is 0 Å². The van der Waals surface area contributed by atoms with Crippen molar-refractivity contribution in [3.8, 4) is 12.3 Å². The number of H-pyrrole nitrogens is 2. The van der Waals surface area contributed by atoms with Crippen molar-refractivity contribution in [1.82, 2.24) is 25.1 Å². The number of aliphatic imine (C=N–C) groups is 1. The minimum absolute atomic E-state index is 0. The summed E-state index contributed by atoms with van der Waals surface area (Å²) in [5.41, 5.74) is 2.13. The summed E-state index contributed by atoms with van der Waals surface area (Å²) in [5, 5.41) is 11.6. The van der Waals surface area contributed by atoms with Crippen molar-refractivity contribution in [1.29, 1.82) is 5.41 Å². The van der Waals surface area contributed by atoms with E-state index in [0.29, 0.717) is 23.6 Å². The highest BCUT2D eigenvalue weighted by Gasteiger charge is 2.25. The molecular weight excluding hydrogens is 498 g/mol. The normalized spacial score (nSPS) is 15.8. The third-order valence-corrected chi connectivity index (χ3v) is 6.76. The van der Waals surface area contributed by atoms with Gasteiger partial charge in [-0.05, 0) is 31.2 Å². The SMILES string of the molecule is C#C[C@H](c1ccc(C)cc1)N1CCC(NCCN(C[C@@H](C)CC)/C(C=N)=N/c2c[nH]c(=O)[nH]2)CC1.CC.Cl. The van der Waals surface area contributed by atoms with Crippen molar-refractivity contribution in [2.75, 3.05) is 32.7 Å². The zero-order chi connectivity index (χ0) is 27.2. The number of terminal acetylenes is 1. The molecule has 1 aliphatic heterocycles. The summed E-state index contributed by atoms with van der Waals surface area (Å²) in [7, 11) is 0. The van der Waals surface area contributed by atoms with Crippen LogP contribution in [0.15, 0.2) is 40.2 Å². The monoisotopic (exact) mass is 543 g/mol. The van der Waals surface area contributed by atoms with E-state index in [1.807, 2.05) is 13.8 Å². The zero-order valence-electron chi connectivity index (χ0n) is 23.6. The Balaban J connectivity index is 0.00000235. The van der Waals surface area contributed by atoms with Gasteiger partial charge in [0.25, 0.3) is 0 Å². The van der Waals surface area contributed by atoms with Crippen LogP contribution in [-0.4, -0.2) is 70.6 Å². The first-order valence-electron chi connectivity index (χ1n) is 13.5. The van der Waals surface area contributed by atoms with E-state index in [2.05, 4.69) is 81.0 Å². The number of nitrogens with one attached hydrogen (secondary N) is 4. The highest BCUT2D eigenvalue weighted by molar-refractivity contribution is 6.28. The smallest absolute Gasteiger partial charge is 0.324 e. The molecule has 9 heteroatoms. The fourth-order valence-corrected chi connectivity index (χ4v) is 4.43. The van der Waals surface area contributed by atoms with Crippen LogP contribution in [0.5, 0.6) is 0 Å². The second-order valence-electron chi connectivity index (χ2n) is 9.45. The maximum Gasteiger partial charge on any atom is 0.324 e. The summed E-state index contributed by atoms with van der Waals surface area (Å²) in [5.74, 6) is 4.43. The van der Waals surface area contributed by atoms with Crippen molar-refractivity contribution in [3.63, 3.8) is 0 Å². The molecule has 38 heavy (non-hydrogen) atoms. The molecular formula is C29H46ClN7O. The van der Waals surface area contributed by atoms with Crippen LogP contribution in [0.2, 0.25) is 0 Å². The topological polar surface area (TPSA) is 103 Å². The van der Waals surface area contributed by atoms with Crippen LogP contribution in [-0.2, 0) is 0 Å². The second-order valence-corrected chi connectivity index (χ2v) is 9.45. The van der Waals surface area contributed by atoms with E-state index in [0.717, 1.165) is 52.0 Å². The van der Waals surface area contributed by atoms with Crippen molar-refractivity contribution in [2.24, 2.45) is 10.9 Å². The quantitative estimate of drug-likeness (QED) is 0.183. The zero-order valence-corrected chi connectivity index (χ0v) is 24.4. The van der Waals surface area contributed by atoms with Crippen molar-refractivity contribution in [2.45, 2.75) is 66.0 Å². The molecule has 1 aromatic heterocycles. The molecule has 0 amide bonds. The number of hydrogen-bond donors (Lipinski definition) is 4. The number of hydrogen-bond acceptors (Lipinski definition) is 5. The van der Waals surface area contributed by atoms with Gasteiger partial charge in [0.1, 0.15) is 5.84 Å². The predicted octanol–water partition coefficient (Wildman–Crippen LogP) is 4.92. The van der Waals surface area contributed by atoms with Gasteiger partial charge in [-0.25, -0.2) is 9.79 Å². The van der Waals surface area contributed by atoms with Crippen LogP contribution in [0, 0.1) is 30.6 Å². The van der Waals surface area contributed by atoms with Crippen LogP contribution in [0.3, 0.4) is 0 Å². The molecule has 0 unspecified atom stereocenters. The summed E-state index contributed by atoms with van der Waals surface area (Å²) in [6, 6.07) is 8.99. The van der Waals surface area contributed by atoms with Crippen molar-refractivity contribution in [3.05, 3.63) is 52.1 Å². The lowest BCUT2D eigenvalue weighted by Crippen LogP contribution is -2.46. The Morgan fingerprint density at radius 3 is 2.50 bits per heavy atom. The molecule has 0 aliphatic carbocycles. The molecule has 210 valence electrons. The van der Waals surface area contributed by atoms with Gasteiger partial charge in [0, 0.05) is 45.0 Å². The van der Waals surface area contributed by atoms with Gasteiger partial charge in [-0.1, -0.05) is 69.9 Å². The van der Waals surface area contributed by atoms with Crippen molar-refractivity contribution < 1.29 is 0 Å². The third-order valence-electron chi connectivity index (χ3n) is 6.76. The summed E-state index contributed by atoms with van der Waals surface area (Å²) in [6.45, 7) is 14.7. The summed E-state index contributed by atoms with van der Waals surface area (Å²) < 4.78 is 0. The minimum atomic E-state index is -0.302. The first-order valence-corrected chi connectivity index (χ1v) is 13.5. The highest BCUT2D eigenvalue weighted by Crippen LogP contribution is 2.24. The van der Waals surface area contributed by atoms with Gasteiger partial charge in [0.2, 0.25) is 0 Å². The number of imidazole rings is 1. The second kappa shape index (κ2) is 17.6. The average molecular weight is 544 g/mol. The Hall–Kier alpha value is -2.86. The lowest BCUT2D eigenvalue weighted by Gasteiger charge is -2.36. The van der Waals surface area contributed by atoms with E-state index in [-0.39, 0.29) is 24.1 Å². The molecule has 1 aromatic carbocycles. The summed E-state index contributed by atoms with van der Waals surface area (Å²) in [4.78, 5) is 25.6. The van der Waals surface area contributed by atoms with Gasteiger partial charge in [-0.15, -0.1) is 18.8 Å². The lowest BCUT2D eigenvalue weighted by atomic mass is 9.99. The Morgan fingerprint density at radius 1 is 1.32 bits per heavy atom. The van der Waals surface area contributed by atoms with Crippen molar-refractivity contribution >= 4 is 30.3 Å². The maximum absolute atomic E-state index is 11.4. The summed E-state index contributed by atoms with van der Waals surface area (Å²) in [6.07, 6.45) is 11.8. The average Bonchev–Trinajstić information content (AvgIpc) is 3.34. The number of aromatic amines is 2. The number of aryl methyl sites for hydroxylation is 1. The molecule has 0 spiro atoms. The van der Waals surface area contributed by atoms with Gasteiger partial charge >= 0.3 is 5.69 Å². The van der Waals surface area contributed by atoms with E-state index in [4.69, 9.17) is 11.8 Å². The Labute approximate surface area is 234 Å². The number of nitrogens with zero attached hydrogens (tertiary/aromatic N) is 3. The molecule has 3 rings (SSSR count). The van der Waals surface area contributed by atoms with Crippen LogP contribution >= 0.6 is 12.4 Å². The number of halogens is 1. The molecule has 4 N–H and O–H groups in total. The highest BCUT2D eigenvalue weighted by atomic mass is 35.5. The number of amidine groups is 1. The number of aromatic nitrogens is 2.